The van der Waals surface area contributed by atoms with Crippen molar-refractivity contribution in [2.45, 2.75) is 102 Å². The average Bonchev–Trinajstić information content (AvgIpc) is 3.32. The van der Waals surface area contributed by atoms with Crippen molar-refractivity contribution in [2.75, 3.05) is 19.0 Å². The first-order valence-corrected chi connectivity index (χ1v) is 18.3. The molecule has 0 saturated heterocycles. The van der Waals surface area contributed by atoms with Crippen LogP contribution in [0, 0.1) is 46.3 Å². The third-order valence-corrected chi connectivity index (χ3v) is 14.8. The van der Waals surface area contributed by atoms with Crippen LogP contribution < -0.4 is 9.62 Å². The Labute approximate surface area is 259 Å². The van der Waals surface area contributed by atoms with Gasteiger partial charge in [-0.15, -0.1) is 0 Å². The number of benzene rings is 2. The number of sulfonamides is 1. The maximum atomic E-state index is 13.8. The molecule has 0 spiro atoms. The quantitative estimate of drug-likeness (QED) is 0.321. The molecule has 2 N–H and O–H groups in total. The van der Waals surface area contributed by atoms with Gasteiger partial charge in [0, 0.05) is 43.0 Å². The van der Waals surface area contributed by atoms with E-state index in [2.05, 4.69) is 25.5 Å². The summed E-state index contributed by atoms with van der Waals surface area (Å²) in [6, 6.07) is 11.5. The highest BCUT2D eigenvalue weighted by Crippen LogP contribution is 2.68. The number of rotatable bonds is 8. The van der Waals surface area contributed by atoms with Gasteiger partial charge in [0.05, 0.1) is 4.90 Å². The Morgan fingerprint density at radius 1 is 0.953 bits per heavy atom. The van der Waals surface area contributed by atoms with Crippen LogP contribution in [0.25, 0.3) is 10.8 Å². The van der Waals surface area contributed by atoms with Crippen LogP contribution in [0.5, 0.6) is 0 Å². The third-order valence-electron chi connectivity index (χ3n) is 13.2. The minimum absolute atomic E-state index is 0.0216. The Hall–Kier alpha value is -2.12. The van der Waals surface area contributed by atoms with Crippen LogP contribution in [0.4, 0.5) is 5.69 Å². The lowest BCUT2D eigenvalue weighted by molar-refractivity contribution is -0.137. The van der Waals surface area contributed by atoms with Crippen molar-refractivity contribution in [3.8, 4) is 0 Å². The van der Waals surface area contributed by atoms with E-state index in [1.165, 1.54) is 38.5 Å². The van der Waals surface area contributed by atoms with Crippen LogP contribution in [0.2, 0.25) is 0 Å². The van der Waals surface area contributed by atoms with Crippen LogP contribution in [0.1, 0.15) is 91.4 Å². The number of nitrogens with zero attached hydrogens (tertiary/aromatic N) is 1. The van der Waals surface area contributed by atoms with Gasteiger partial charge in [0.15, 0.2) is 0 Å². The number of aliphatic carboxylic acids is 1. The summed E-state index contributed by atoms with van der Waals surface area (Å²) in [5.74, 6) is 3.21. The van der Waals surface area contributed by atoms with E-state index in [1.807, 2.05) is 49.3 Å². The topological polar surface area (TPSA) is 86.7 Å². The number of carboxylic acid groups (broad SMARTS) is 1. The van der Waals surface area contributed by atoms with E-state index in [-0.39, 0.29) is 17.9 Å². The van der Waals surface area contributed by atoms with E-state index in [0.717, 1.165) is 59.9 Å². The lowest BCUT2D eigenvalue weighted by atomic mass is 9.44. The van der Waals surface area contributed by atoms with Gasteiger partial charge in [-0.1, -0.05) is 45.0 Å². The fourth-order valence-electron chi connectivity index (χ4n) is 11.1. The Bertz CT molecular complexity index is 1470. The number of carboxylic acids is 1. The first kappa shape index (κ1) is 30.9. The van der Waals surface area contributed by atoms with Gasteiger partial charge in [0.25, 0.3) is 0 Å². The molecule has 4 fully saturated rings. The van der Waals surface area contributed by atoms with Crippen LogP contribution in [-0.4, -0.2) is 39.6 Å². The van der Waals surface area contributed by atoms with Crippen molar-refractivity contribution in [3.05, 3.63) is 36.4 Å². The zero-order chi connectivity index (χ0) is 30.7. The average molecular weight is 609 g/mol. The van der Waals surface area contributed by atoms with Gasteiger partial charge in [-0.3, -0.25) is 4.79 Å². The lowest BCUT2D eigenvalue weighted by Crippen LogP contribution is -2.55. The van der Waals surface area contributed by atoms with Gasteiger partial charge in [-0.05, 0) is 123 Å². The number of nitrogens with one attached hydrogen (secondary N) is 1. The second kappa shape index (κ2) is 11.3. The Balaban J connectivity index is 1.16. The van der Waals surface area contributed by atoms with Crippen molar-refractivity contribution in [1.82, 2.24) is 4.72 Å². The first-order valence-electron chi connectivity index (χ1n) is 16.8. The van der Waals surface area contributed by atoms with Crippen molar-refractivity contribution >= 4 is 32.5 Å². The molecule has 236 valence electrons. The summed E-state index contributed by atoms with van der Waals surface area (Å²) < 4.78 is 30.8. The second-order valence-electron chi connectivity index (χ2n) is 15.4. The number of carbonyl (C=O) groups is 1. The second-order valence-corrected chi connectivity index (χ2v) is 17.1. The normalized spacial score (nSPS) is 36.4. The third kappa shape index (κ3) is 5.30. The van der Waals surface area contributed by atoms with Gasteiger partial charge in [-0.25, -0.2) is 13.1 Å². The molecule has 0 amide bonds. The highest BCUT2D eigenvalue weighted by Gasteiger charge is 2.60. The minimum Gasteiger partial charge on any atom is -0.481 e. The molecule has 7 heteroatoms. The molecular formula is C36H52N2O4S. The van der Waals surface area contributed by atoms with Crippen molar-refractivity contribution in [2.24, 2.45) is 46.3 Å². The zero-order valence-electron chi connectivity index (χ0n) is 26.8. The van der Waals surface area contributed by atoms with Gasteiger partial charge in [-0.2, -0.15) is 0 Å². The highest BCUT2D eigenvalue weighted by molar-refractivity contribution is 7.89. The van der Waals surface area contributed by atoms with Gasteiger partial charge in [0.2, 0.25) is 10.0 Å². The van der Waals surface area contributed by atoms with E-state index < -0.39 is 16.0 Å². The molecule has 2 aromatic rings. The fourth-order valence-corrected chi connectivity index (χ4v) is 12.6. The summed E-state index contributed by atoms with van der Waals surface area (Å²) in [5, 5.41) is 11.0. The van der Waals surface area contributed by atoms with Crippen molar-refractivity contribution < 1.29 is 18.3 Å². The lowest BCUT2D eigenvalue weighted by Gasteiger charge is -2.61. The summed E-state index contributed by atoms with van der Waals surface area (Å²) in [4.78, 5) is 13.7. The van der Waals surface area contributed by atoms with Crippen LogP contribution in [-0.2, 0) is 14.8 Å². The molecule has 6 nitrogen and oxygen atoms in total. The van der Waals surface area contributed by atoms with E-state index in [1.54, 1.807) is 6.07 Å². The molecule has 0 heterocycles. The minimum atomic E-state index is -3.66. The Morgan fingerprint density at radius 2 is 1.65 bits per heavy atom. The predicted molar refractivity (Wildman–Crippen MR) is 174 cm³/mol. The summed E-state index contributed by atoms with van der Waals surface area (Å²) >= 11 is 0. The molecule has 4 aliphatic carbocycles. The fraction of sp³-hybridized carbons (Fsp3) is 0.694. The molecule has 0 radical (unpaired) electrons. The predicted octanol–water partition coefficient (Wildman–Crippen LogP) is 7.71. The Kier molecular flexibility index (Phi) is 8.15. The van der Waals surface area contributed by atoms with E-state index >= 15 is 0 Å². The molecule has 0 bridgehead atoms. The molecule has 43 heavy (non-hydrogen) atoms. The first-order chi connectivity index (χ1) is 20.3. The number of hydrogen-bond acceptors (Lipinski definition) is 4. The SMILES string of the molecule is C[C@H](CCC(=O)O)[C@H]1CC[C@H]2[C@@H]3CC[C@@H]4C[C@H](NS(=O)(=O)c5cccc6c(N(C)C)cccc56)CC[C@]4(C)[C@H]3CC[C@]12C. The number of fused-ring (bicyclic) bond motifs is 6. The molecule has 9 atom stereocenters. The van der Waals surface area contributed by atoms with Crippen LogP contribution in [0.15, 0.2) is 41.3 Å². The van der Waals surface area contributed by atoms with Crippen LogP contribution in [0.3, 0.4) is 0 Å². The molecule has 0 aromatic heterocycles. The van der Waals surface area contributed by atoms with Crippen molar-refractivity contribution in [3.63, 3.8) is 0 Å². The van der Waals surface area contributed by atoms with Gasteiger partial charge in [0.1, 0.15) is 0 Å². The van der Waals surface area contributed by atoms with E-state index in [0.29, 0.717) is 28.1 Å². The number of anilines is 1. The van der Waals surface area contributed by atoms with E-state index in [4.69, 9.17) is 0 Å². The summed E-state index contributed by atoms with van der Waals surface area (Å²) in [6.45, 7) is 7.38. The van der Waals surface area contributed by atoms with Gasteiger partial charge >= 0.3 is 5.97 Å². The maximum Gasteiger partial charge on any atom is 0.303 e. The highest BCUT2D eigenvalue weighted by atomic mass is 32.2. The molecule has 6 rings (SSSR count). The summed E-state index contributed by atoms with van der Waals surface area (Å²) in [5.41, 5.74) is 1.63. The van der Waals surface area contributed by atoms with Crippen molar-refractivity contribution in [1.29, 1.82) is 0 Å². The smallest absolute Gasteiger partial charge is 0.303 e. The molecule has 4 aliphatic rings. The summed E-state index contributed by atoms with van der Waals surface area (Å²) in [7, 11) is 0.318. The van der Waals surface area contributed by atoms with E-state index in [9.17, 15) is 18.3 Å². The molecule has 0 unspecified atom stereocenters. The number of hydrogen-bond donors (Lipinski definition) is 2. The Morgan fingerprint density at radius 3 is 2.40 bits per heavy atom. The monoisotopic (exact) mass is 608 g/mol. The largest absolute Gasteiger partial charge is 0.481 e. The zero-order valence-corrected chi connectivity index (χ0v) is 27.6. The molecular weight excluding hydrogens is 556 g/mol. The molecule has 4 saturated carbocycles. The van der Waals surface area contributed by atoms with Gasteiger partial charge < -0.3 is 10.0 Å². The molecule has 0 aliphatic heterocycles. The molecule has 2 aromatic carbocycles. The standard InChI is InChI=1S/C36H52N2O4S/c1-23(12-17-34(39)40)29-15-16-30-28-14-13-24-22-25(18-20-35(24,2)31(28)19-21-36(29,30)3)37-43(41,42)33-11-7-8-26-27(33)9-6-10-32(26)38(4)5/h6-11,23-25,28-31,37H,12-22H2,1-5H3,(H,39,40)/t23-,24-,25-,28+,29-,30+,31+,35+,36-/m1/s1. The maximum absolute atomic E-state index is 13.8. The van der Waals surface area contributed by atoms with Crippen LogP contribution >= 0.6 is 0 Å². The summed E-state index contributed by atoms with van der Waals surface area (Å²) in [6.07, 6.45) is 11.5.